The number of carbonyl (C=O) groups excluding carboxylic acids is 1. The number of hydrogen-bond donors (Lipinski definition) is 1. The van der Waals surface area contributed by atoms with Crippen molar-refractivity contribution >= 4 is 11.6 Å². The molecule has 1 N–H and O–H groups in total. The number of carbonyl (C=O) groups is 1. The van der Waals surface area contributed by atoms with Gasteiger partial charge in [-0.25, -0.2) is 0 Å². The molecule has 0 spiro atoms. The summed E-state index contributed by atoms with van der Waals surface area (Å²) in [5, 5.41) is 11.8. The van der Waals surface area contributed by atoms with Crippen LogP contribution in [-0.2, 0) is 4.79 Å². The van der Waals surface area contributed by atoms with Gasteiger partial charge in [0.05, 0.1) is 11.6 Å². The van der Waals surface area contributed by atoms with Crippen molar-refractivity contribution in [3.05, 3.63) is 29.8 Å². The highest BCUT2D eigenvalue weighted by molar-refractivity contribution is 5.98. The standard InChI is InChI=1S/C14H18N4O/c1-16-10-13-14(19)18(8-7-17(13)2)12-5-3-11(9-15)4-6-12/h3-6,13,16H,7-8,10H2,1-2H3. The third-order valence-electron chi connectivity index (χ3n) is 3.47. The van der Waals surface area contributed by atoms with Gasteiger partial charge in [-0.15, -0.1) is 0 Å². The van der Waals surface area contributed by atoms with E-state index in [0.717, 1.165) is 12.2 Å². The molecule has 0 radical (unpaired) electrons. The van der Waals surface area contributed by atoms with Crippen molar-refractivity contribution in [3.8, 4) is 6.07 Å². The lowest BCUT2D eigenvalue weighted by Crippen LogP contribution is -2.58. The average molecular weight is 258 g/mol. The van der Waals surface area contributed by atoms with Crippen LogP contribution in [0.15, 0.2) is 24.3 Å². The SMILES string of the molecule is CNCC1C(=O)N(c2ccc(C#N)cc2)CCN1C. The third kappa shape index (κ3) is 2.75. The predicted molar refractivity (Wildman–Crippen MR) is 73.9 cm³/mol. The van der Waals surface area contributed by atoms with Crippen molar-refractivity contribution < 1.29 is 4.79 Å². The van der Waals surface area contributed by atoms with E-state index in [4.69, 9.17) is 5.26 Å². The molecule has 1 fully saturated rings. The first kappa shape index (κ1) is 13.5. The molecule has 0 bridgehead atoms. The molecule has 1 aliphatic heterocycles. The molecule has 1 amide bonds. The van der Waals surface area contributed by atoms with Gasteiger partial charge in [0.2, 0.25) is 5.91 Å². The van der Waals surface area contributed by atoms with E-state index in [1.165, 1.54) is 0 Å². The van der Waals surface area contributed by atoms with Crippen LogP contribution >= 0.6 is 0 Å². The average Bonchev–Trinajstić information content (AvgIpc) is 2.44. The summed E-state index contributed by atoms with van der Waals surface area (Å²) in [5.41, 5.74) is 1.47. The van der Waals surface area contributed by atoms with Gasteiger partial charge in [-0.3, -0.25) is 9.69 Å². The molecule has 0 aromatic heterocycles. The minimum absolute atomic E-state index is 0.104. The molecule has 0 aliphatic carbocycles. The summed E-state index contributed by atoms with van der Waals surface area (Å²) < 4.78 is 0. The molecule has 1 unspecified atom stereocenters. The van der Waals surface area contributed by atoms with E-state index in [-0.39, 0.29) is 11.9 Å². The first-order valence-electron chi connectivity index (χ1n) is 6.33. The second-order valence-electron chi connectivity index (χ2n) is 4.70. The van der Waals surface area contributed by atoms with E-state index in [2.05, 4.69) is 16.3 Å². The van der Waals surface area contributed by atoms with Gasteiger partial charge in [-0.2, -0.15) is 5.26 Å². The Morgan fingerprint density at radius 2 is 2.05 bits per heavy atom. The number of nitrogens with zero attached hydrogens (tertiary/aromatic N) is 3. The Hall–Kier alpha value is -1.90. The number of amides is 1. The maximum absolute atomic E-state index is 12.5. The first-order chi connectivity index (χ1) is 9.17. The Labute approximate surface area is 113 Å². The summed E-state index contributed by atoms with van der Waals surface area (Å²) in [4.78, 5) is 16.3. The molecule has 1 heterocycles. The van der Waals surface area contributed by atoms with Crippen LogP contribution in [0.5, 0.6) is 0 Å². The second-order valence-corrected chi connectivity index (χ2v) is 4.70. The van der Waals surface area contributed by atoms with E-state index in [9.17, 15) is 4.79 Å². The lowest BCUT2D eigenvalue weighted by atomic mass is 10.1. The number of hydrogen-bond acceptors (Lipinski definition) is 4. The molecule has 5 nitrogen and oxygen atoms in total. The number of nitriles is 1. The van der Waals surface area contributed by atoms with Crippen molar-refractivity contribution in [2.45, 2.75) is 6.04 Å². The smallest absolute Gasteiger partial charge is 0.245 e. The van der Waals surface area contributed by atoms with E-state index in [0.29, 0.717) is 18.7 Å². The molecule has 2 rings (SSSR count). The number of nitrogens with one attached hydrogen (secondary N) is 1. The van der Waals surface area contributed by atoms with Crippen LogP contribution in [0.1, 0.15) is 5.56 Å². The summed E-state index contributed by atoms with van der Waals surface area (Å²) in [6, 6.07) is 9.10. The Kier molecular flexibility index (Phi) is 4.15. The van der Waals surface area contributed by atoms with Crippen molar-refractivity contribution in [1.29, 1.82) is 5.26 Å². The minimum Gasteiger partial charge on any atom is -0.318 e. The van der Waals surface area contributed by atoms with Gasteiger partial charge in [0.15, 0.2) is 0 Å². The molecule has 1 saturated heterocycles. The van der Waals surface area contributed by atoms with Gasteiger partial charge in [-0.05, 0) is 38.4 Å². The topological polar surface area (TPSA) is 59.4 Å². The Balaban J connectivity index is 2.19. The minimum atomic E-state index is -0.130. The molecule has 100 valence electrons. The maximum atomic E-state index is 12.5. The molecule has 1 aliphatic rings. The van der Waals surface area contributed by atoms with E-state index in [1.54, 1.807) is 17.0 Å². The summed E-state index contributed by atoms with van der Waals surface area (Å²) in [6.07, 6.45) is 0. The van der Waals surface area contributed by atoms with Crippen LogP contribution in [0.4, 0.5) is 5.69 Å². The summed E-state index contributed by atoms with van der Waals surface area (Å²) >= 11 is 0. The summed E-state index contributed by atoms with van der Waals surface area (Å²) in [5.74, 6) is 0.104. The van der Waals surface area contributed by atoms with Crippen LogP contribution in [0.25, 0.3) is 0 Å². The highest BCUT2D eigenvalue weighted by Crippen LogP contribution is 2.20. The zero-order chi connectivity index (χ0) is 13.8. The van der Waals surface area contributed by atoms with Gasteiger partial charge in [-0.1, -0.05) is 0 Å². The van der Waals surface area contributed by atoms with Gasteiger partial charge < -0.3 is 10.2 Å². The van der Waals surface area contributed by atoms with Gasteiger partial charge >= 0.3 is 0 Å². The fraction of sp³-hybridized carbons (Fsp3) is 0.429. The molecule has 1 atom stereocenters. The normalized spacial score (nSPS) is 20.4. The second kappa shape index (κ2) is 5.83. The maximum Gasteiger partial charge on any atom is 0.245 e. The lowest BCUT2D eigenvalue weighted by molar-refractivity contribution is -0.125. The molecule has 1 aromatic carbocycles. The van der Waals surface area contributed by atoms with Gasteiger partial charge in [0.25, 0.3) is 0 Å². The molecule has 19 heavy (non-hydrogen) atoms. The first-order valence-corrected chi connectivity index (χ1v) is 6.33. The Morgan fingerprint density at radius 1 is 1.37 bits per heavy atom. The molecule has 5 heteroatoms. The molecule has 0 saturated carbocycles. The quantitative estimate of drug-likeness (QED) is 0.854. The monoisotopic (exact) mass is 258 g/mol. The van der Waals surface area contributed by atoms with Crippen LogP contribution in [0.2, 0.25) is 0 Å². The molecular formula is C14H18N4O. The number of piperazine rings is 1. The third-order valence-corrected chi connectivity index (χ3v) is 3.47. The summed E-state index contributed by atoms with van der Waals surface area (Å²) in [7, 11) is 3.82. The van der Waals surface area contributed by atoms with E-state index >= 15 is 0 Å². The molecule has 1 aromatic rings. The van der Waals surface area contributed by atoms with Crippen LogP contribution in [0.3, 0.4) is 0 Å². The van der Waals surface area contributed by atoms with Gasteiger partial charge in [0.1, 0.15) is 6.04 Å². The predicted octanol–water partition coefficient (Wildman–Crippen LogP) is 0.425. The zero-order valence-corrected chi connectivity index (χ0v) is 11.3. The Morgan fingerprint density at radius 3 is 2.63 bits per heavy atom. The van der Waals surface area contributed by atoms with Gasteiger partial charge in [0, 0.05) is 25.3 Å². The van der Waals surface area contributed by atoms with Crippen molar-refractivity contribution in [3.63, 3.8) is 0 Å². The van der Waals surface area contributed by atoms with Crippen LogP contribution < -0.4 is 10.2 Å². The van der Waals surface area contributed by atoms with Crippen molar-refractivity contribution in [1.82, 2.24) is 10.2 Å². The van der Waals surface area contributed by atoms with Crippen molar-refractivity contribution in [2.24, 2.45) is 0 Å². The largest absolute Gasteiger partial charge is 0.318 e. The fourth-order valence-corrected chi connectivity index (χ4v) is 2.30. The zero-order valence-electron chi connectivity index (χ0n) is 11.3. The number of rotatable bonds is 3. The van der Waals surface area contributed by atoms with Crippen LogP contribution in [0, 0.1) is 11.3 Å². The number of benzene rings is 1. The van der Waals surface area contributed by atoms with E-state index in [1.807, 2.05) is 26.2 Å². The number of likely N-dealkylation sites (N-methyl/N-ethyl adjacent to an activating group) is 2. The van der Waals surface area contributed by atoms with E-state index < -0.39 is 0 Å². The fourth-order valence-electron chi connectivity index (χ4n) is 2.30. The number of anilines is 1. The molecular weight excluding hydrogens is 240 g/mol. The Bertz CT molecular complexity index is 491. The van der Waals surface area contributed by atoms with Crippen molar-refractivity contribution in [2.75, 3.05) is 38.6 Å². The lowest BCUT2D eigenvalue weighted by Gasteiger charge is -2.38. The highest BCUT2D eigenvalue weighted by atomic mass is 16.2. The van der Waals surface area contributed by atoms with Crippen LogP contribution in [-0.4, -0.2) is 50.6 Å². The summed E-state index contributed by atoms with van der Waals surface area (Å²) in [6.45, 7) is 2.17. The highest BCUT2D eigenvalue weighted by Gasteiger charge is 2.32.